The predicted molar refractivity (Wildman–Crippen MR) is 76.6 cm³/mol. The predicted octanol–water partition coefficient (Wildman–Crippen LogP) is 1.90. The van der Waals surface area contributed by atoms with Crippen LogP contribution in [0.25, 0.3) is 0 Å². The summed E-state index contributed by atoms with van der Waals surface area (Å²) in [6, 6.07) is 5.06. The molecule has 0 amide bonds. The molecule has 2 aromatic rings. The lowest BCUT2D eigenvalue weighted by Crippen LogP contribution is -2.13. The van der Waals surface area contributed by atoms with Crippen molar-refractivity contribution >= 4 is 51.4 Å². The van der Waals surface area contributed by atoms with Gasteiger partial charge in [0.25, 0.3) is 19.1 Å². The summed E-state index contributed by atoms with van der Waals surface area (Å²) in [5.74, 6) is 0. The number of anilines is 1. The first kappa shape index (κ1) is 15.3. The van der Waals surface area contributed by atoms with Gasteiger partial charge in [0, 0.05) is 15.2 Å². The van der Waals surface area contributed by atoms with Crippen molar-refractivity contribution < 1.29 is 16.8 Å². The lowest BCUT2D eigenvalue weighted by Gasteiger charge is -2.08. The monoisotopic (exact) mass is 399 g/mol. The molecule has 1 heterocycles. The normalized spacial score (nSPS) is 12.3. The maximum Gasteiger partial charge on any atom is 0.278 e. The van der Waals surface area contributed by atoms with Gasteiger partial charge in [-0.2, -0.15) is 13.5 Å². The second-order valence-electron chi connectivity index (χ2n) is 3.61. The molecule has 0 aliphatic heterocycles. The Morgan fingerprint density at radius 1 is 1.20 bits per heavy atom. The summed E-state index contributed by atoms with van der Waals surface area (Å²) in [5.41, 5.74) is 0.176. The zero-order valence-electron chi connectivity index (χ0n) is 9.54. The minimum atomic E-state index is -3.91. The fourth-order valence-corrected chi connectivity index (χ4v) is 4.55. The molecular formula is C9H7BrClN3O4S2. The Balaban J connectivity index is 2.35. The summed E-state index contributed by atoms with van der Waals surface area (Å²) < 4.78 is 48.7. The highest BCUT2D eigenvalue weighted by Gasteiger charge is 2.18. The number of benzene rings is 1. The number of H-pyrrole nitrogens is 1. The van der Waals surface area contributed by atoms with Crippen molar-refractivity contribution in [1.29, 1.82) is 0 Å². The fraction of sp³-hybridized carbons (Fsp3) is 0. The number of hydrogen-bond donors (Lipinski definition) is 2. The van der Waals surface area contributed by atoms with Crippen LogP contribution in [0.15, 0.2) is 44.9 Å². The van der Waals surface area contributed by atoms with Crippen LogP contribution in [0.4, 0.5) is 5.69 Å². The molecule has 0 saturated heterocycles. The number of sulfonamides is 1. The van der Waals surface area contributed by atoms with Crippen molar-refractivity contribution in [2.45, 2.75) is 9.92 Å². The molecular weight excluding hydrogens is 394 g/mol. The van der Waals surface area contributed by atoms with E-state index in [4.69, 9.17) is 10.7 Å². The molecule has 0 atom stereocenters. The van der Waals surface area contributed by atoms with E-state index in [1.807, 2.05) is 0 Å². The topological polar surface area (TPSA) is 109 Å². The molecule has 20 heavy (non-hydrogen) atoms. The quantitative estimate of drug-likeness (QED) is 0.762. The minimum Gasteiger partial charge on any atom is -0.278 e. The van der Waals surface area contributed by atoms with Gasteiger partial charge in [0.05, 0.1) is 16.8 Å². The van der Waals surface area contributed by atoms with Crippen LogP contribution in [0.5, 0.6) is 0 Å². The molecule has 0 spiro atoms. The lowest BCUT2D eigenvalue weighted by atomic mass is 10.3. The van der Waals surface area contributed by atoms with Crippen LogP contribution in [-0.4, -0.2) is 27.0 Å². The van der Waals surface area contributed by atoms with Crippen LogP contribution in [0.1, 0.15) is 0 Å². The van der Waals surface area contributed by atoms with Gasteiger partial charge >= 0.3 is 0 Å². The molecule has 1 aromatic carbocycles. The molecule has 0 bridgehead atoms. The maximum absolute atomic E-state index is 11.9. The van der Waals surface area contributed by atoms with Crippen molar-refractivity contribution in [1.82, 2.24) is 10.2 Å². The van der Waals surface area contributed by atoms with Gasteiger partial charge in [0.1, 0.15) is 0 Å². The van der Waals surface area contributed by atoms with Crippen LogP contribution in [0.2, 0.25) is 0 Å². The first-order valence-electron chi connectivity index (χ1n) is 4.96. The second kappa shape index (κ2) is 5.35. The first-order valence-corrected chi connectivity index (χ1v) is 9.55. The number of aromatic amines is 1. The number of nitrogens with one attached hydrogen (secondary N) is 2. The molecule has 7 nitrogen and oxygen atoms in total. The fourth-order valence-electron chi connectivity index (χ4n) is 1.36. The van der Waals surface area contributed by atoms with Crippen molar-refractivity contribution in [3.63, 3.8) is 0 Å². The average Bonchev–Trinajstić information content (AvgIpc) is 2.80. The number of aromatic nitrogens is 2. The van der Waals surface area contributed by atoms with Gasteiger partial charge in [0.15, 0.2) is 5.03 Å². The maximum atomic E-state index is 11.9. The van der Waals surface area contributed by atoms with E-state index in [0.29, 0.717) is 0 Å². The Kier molecular flexibility index (Phi) is 4.09. The highest BCUT2D eigenvalue weighted by atomic mass is 79.9. The van der Waals surface area contributed by atoms with Crippen LogP contribution in [0, 0.1) is 0 Å². The highest BCUT2D eigenvalue weighted by molar-refractivity contribution is 9.10. The van der Waals surface area contributed by atoms with Crippen LogP contribution in [-0.2, 0) is 19.1 Å². The Morgan fingerprint density at radius 3 is 2.40 bits per heavy atom. The molecule has 0 fully saturated rings. The van der Waals surface area contributed by atoms with Crippen molar-refractivity contribution in [2.75, 3.05) is 4.72 Å². The average molecular weight is 401 g/mol. The molecule has 2 N–H and O–H groups in total. The first-order chi connectivity index (χ1) is 9.20. The van der Waals surface area contributed by atoms with Crippen LogP contribution < -0.4 is 4.72 Å². The molecule has 0 saturated carbocycles. The molecule has 2 rings (SSSR count). The summed E-state index contributed by atoms with van der Waals surface area (Å²) in [5, 5.41) is 5.75. The summed E-state index contributed by atoms with van der Waals surface area (Å²) in [6.07, 6.45) is 1.30. The van der Waals surface area contributed by atoms with Gasteiger partial charge in [-0.25, -0.2) is 8.42 Å². The Labute approximate surface area is 127 Å². The molecule has 0 aliphatic rings. The molecule has 108 valence electrons. The van der Waals surface area contributed by atoms with Gasteiger partial charge in [-0.3, -0.25) is 9.82 Å². The van der Waals surface area contributed by atoms with Gasteiger partial charge in [-0.05, 0) is 40.2 Å². The number of nitrogens with zero attached hydrogens (tertiary/aromatic N) is 1. The minimum absolute atomic E-state index is 0.109. The SMILES string of the molecule is O=S(=O)(Cl)c1ccc(NS(=O)(=O)c2ccn[nH]2)cc1Br. The number of rotatable bonds is 4. The largest absolute Gasteiger partial charge is 0.278 e. The molecule has 0 aliphatic carbocycles. The third kappa shape index (κ3) is 3.32. The second-order valence-corrected chi connectivity index (χ2v) is 8.65. The Bertz CT molecular complexity index is 834. The van der Waals surface area contributed by atoms with E-state index in [9.17, 15) is 16.8 Å². The van der Waals surface area contributed by atoms with Gasteiger partial charge in [-0.1, -0.05) is 0 Å². The van der Waals surface area contributed by atoms with Crippen molar-refractivity contribution in [3.8, 4) is 0 Å². The summed E-state index contributed by atoms with van der Waals surface area (Å²) in [4.78, 5) is -0.149. The van der Waals surface area contributed by atoms with Crippen molar-refractivity contribution in [3.05, 3.63) is 34.9 Å². The highest BCUT2D eigenvalue weighted by Crippen LogP contribution is 2.28. The standard InChI is InChI=1S/C9H7BrClN3O4S2/c10-7-5-6(1-2-8(7)19(11,15)16)14-20(17,18)9-3-4-12-13-9/h1-5,14H,(H,12,13). The lowest BCUT2D eigenvalue weighted by molar-refractivity contribution is 0.597. The molecule has 1 aromatic heterocycles. The number of halogens is 2. The zero-order valence-corrected chi connectivity index (χ0v) is 13.5. The third-order valence-electron chi connectivity index (χ3n) is 2.21. The van der Waals surface area contributed by atoms with E-state index in [1.54, 1.807) is 0 Å². The smallest absolute Gasteiger partial charge is 0.278 e. The zero-order chi connectivity index (χ0) is 15.0. The van der Waals surface area contributed by atoms with Crippen molar-refractivity contribution in [2.24, 2.45) is 0 Å². The van der Waals surface area contributed by atoms with E-state index in [2.05, 4.69) is 30.8 Å². The van der Waals surface area contributed by atoms with Gasteiger partial charge in [-0.15, -0.1) is 0 Å². The van der Waals surface area contributed by atoms with Crippen LogP contribution >= 0.6 is 26.6 Å². The number of hydrogen-bond acceptors (Lipinski definition) is 5. The molecule has 11 heteroatoms. The third-order valence-corrected chi connectivity index (χ3v) is 5.82. The van der Waals surface area contributed by atoms with E-state index in [0.717, 1.165) is 0 Å². The molecule has 0 radical (unpaired) electrons. The Hall–Kier alpha value is -1.10. The van der Waals surface area contributed by atoms with Gasteiger partial charge < -0.3 is 0 Å². The summed E-state index contributed by atoms with van der Waals surface area (Å²) >= 11 is 3.02. The van der Waals surface area contributed by atoms with Gasteiger partial charge in [0.2, 0.25) is 0 Å². The van der Waals surface area contributed by atoms with E-state index in [-0.39, 0.29) is 20.1 Å². The molecule has 0 unspecified atom stereocenters. The van der Waals surface area contributed by atoms with Crippen LogP contribution in [0.3, 0.4) is 0 Å². The summed E-state index contributed by atoms with van der Waals surface area (Å²) in [7, 11) is -2.49. The Morgan fingerprint density at radius 2 is 1.90 bits per heavy atom. The van der Waals surface area contributed by atoms with E-state index < -0.39 is 19.1 Å². The summed E-state index contributed by atoms with van der Waals surface area (Å²) in [6.45, 7) is 0. The van der Waals surface area contributed by atoms with E-state index in [1.165, 1.54) is 30.5 Å². The van der Waals surface area contributed by atoms with E-state index >= 15 is 0 Å².